The van der Waals surface area contributed by atoms with Gasteiger partial charge >= 0.3 is 7.82 Å². The molecule has 1 saturated carbocycles. The quantitative estimate of drug-likeness (QED) is 0.294. The Morgan fingerprint density at radius 3 is 1.59 bits per heavy atom. The third-order valence-electron chi connectivity index (χ3n) is 2.56. The van der Waals surface area contributed by atoms with Gasteiger partial charge in [0.15, 0.2) is 0 Å². The van der Waals surface area contributed by atoms with E-state index in [4.69, 9.17) is 4.89 Å². The Hall–Kier alpha value is -0.0900. The van der Waals surface area contributed by atoms with E-state index in [9.17, 15) is 30.1 Å². The number of hydrogen-bond donors (Lipinski definition) is 6. The largest absolute Gasteiger partial charge is 0.472 e. The molecule has 0 bridgehead atoms. The lowest BCUT2D eigenvalue weighted by atomic mass is 9.85. The summed E-state index contributed by atoms with van der Waals surface area (Å²) in [5.74, 6) is 0. The summed E-state index contributed by atoms with van der Waals surface area (Å²) in [4.78, 5) is 9.01. The molecular weight excluding hydrogens is 259 g/mol. The van der Waals surface area contributed by atoms with Gasteiger partial charge < -0.3 is 30.4 Å². The van der Waals surface area contributed by atoms with Gasteiger partial charge in [0.1, 0.15) is 36.6 Å². The second kappa shape index (κ2) is 5.27. The first-order valence-electron chi connectivity index (χ1n) is 4.68. The van der Waals surface area contributed by atoms with Gasteiger partial charge in [-0.3, -0.25) is 9.05 Å². The molecule has 17 heavy (non-hydrogen) atoms. The summed E-state index contributed by atoms with van der Waals surface area (Å²) in [5.41, 5.74) is 0. The fraction of sp³-hybridized carbons (Fsp3) is 1.00. The summed E-state index contributed by atoms with van der Waals surface area (Å²) in [7, 11) is -3.65. The molecule has 1 rings (SSSR count). The van der Waals surface area contributed by atoms with Crippen molar-refractivity contribution < 1.29 is 44.0 Å². The van der Waals surface area contributed by atoms with Crippen molar-refractivity contribution in [3.05, 3.63) is 0 Å². The van der Waals surface area contributed by atoms with Gasteiger partial charge in [-0.05, 0) is 0 Å². The first-order valence-corrected chi connectivity index (χ1v) is 6.18. The maximum atomic E-state index is 11.1. The molecule has 102 valence electrons. The highest BCUT2D eigenvalue weighted by molar-refractivity contribution is 7.47. The van der Waals surface area contributed by atoms with E-state index in [-0.39, 0.29) is 0 Å². The lowest BCUT2D eigenvalue weighted by Crippen LogP contribution is -2.64. The van der Waals surface area contributed by atoms with E-state index in [1.54, 1.807) is 0 Å². The van der Waals surface area contributed by atoms with Crippen molar-refractivity contribution in [2.24, 2.45) is 0 Å². The van der Waals surface area contributed by atoms with Crippen LogP contribution in [0.1, 0.15) is 0 Å². The first kappa shape index (κ1) is 15.0. The highest BCUT2D eigenvalue weighted by Crippen LogP contribution is 2.45. The van der Waals surface area contributed by atoms with E-state index in [2.05, 4.69) is 9.05 Å². The fourth-order valence-corrected chi connectivity index (χ4v) is 2.16. The topological polar surface area (TPSA) is 157 Å². The predicted molar refractivity (Wildman–Crippen MR) is 51.7 cm³/mol. The molecule has 0 aromatic rings. The van der Waals surface area contributed by atoms with Crippen LogP contribution in [0.2, 0.25) is 0 Å². The van der Waals surface area contributed by atoms with Crippen LogP contribution in [-0.4, -0.2) is 74.2 Å². The van der Waals surface area contributed by atoms with Gasteiger partial charge in [-0.1, -0.05) is 0 Å². The van der Waals surface area contributed by atoms with E-state index < -0.39 is 44.4 Å². The molecule has 0 aromatic carbocycles. The molecule has 0 spiro atoms. The van der Waals surface area contributed by atoms with Gasteiger partial charge in [0, 0.05) is 7.11 Å². The van der Waals surface area contributed by atoms with Gasteiger partial charge in [-0.25, -0.2) is 4.57 Å². The normalized spacial score (nSPS) is 46.5. The Kier molecular flexibility index (Phi) is 4.64. The third-order valence-corrected chi connectivity index (χ3v) is 3.53. The molecule has 1 fully saturated rings. The second-order valence-electron chi connectivity index (χ2n) is 3.67. The fourth-order valence-electron chi connectivity index (χ4n) is 1.52. The van der Waals surface area contributed by atoms with Crippen LogP contribution in [-0.2, 0) is 13.6 Å². The number of rotatable bonds is 3. The van der Waals surface area contributed by atoms with Crippen molar-refractivity contribution in [3.63, 3.8) is 0 Å². The van der Waals surface area contributed by atoms with E-state index in [0.717, 1.165) is 7.11 Å². The molecular formula is C7H15O9P. The Morgan fingerprint density at radius 1 is 0.882 bits per heavy atom. The van der Waals surface area contributed by atoms with Crippen LogP contribution >= 0.6 is 7.82 Å². The molecule has 0 amide bonds. The van der Waals surface area contributed by atoms with Crippen molar-refractivity contribution in [2.45, 2.75) is 36.6 Å². The van der Waals surface area contributed by atoms with Gasteiger partial charge in [-0.2, -0.15) is 0 Å². The Labute approximate surface area is 96.5 Å². The highest BCUT2D eigenvalue weighted by atomic mass is 31.2. The van der Waals surface area contributed by atoms with Crippen LogP contribution in [0.25, 0.3) is 0 Å². The molecule has 1 aliphatic carbocycles. The van der Waals surface area contributed by atoms with Crippen LogP contribution in [0.3, 0.4) is 0 Å². The van der Waals surface area contributed by atoms with Crippen molar-refractivity contribution in [1.82, 2.24) is 0 Å². The number of aliphatic hydroxyl groups excluding tert-OH is 5. The SMILES string of the molecule is COP(=O)(O)OC1C(O)C(O)C(O)C(O)C1O. The zero-order valence-electron chi connectivity index (χ0n) is 8.82. The molecule has 0 radical (unpaired) electrons. The van der Waals surface area contributed by atoms with Crippen LogP contribution in [0.15, 0.2) is 0 Å². The minimum absolute atomic E-state index is 0.865. The van der Waals surface area contributed by atoms with Crippen molar-refractivity contribution in [3.8, 4) is 0 Å². The smallest absolute Gasteiger partial charge is 0.387 e. The number of phosphoric ester groups is 1. The van der Waals surface area contributed by atoms with E-state index >= 15 is 0 Å². The zero-order valence-corrected chi connectivity index (χ0v) is 9.71. The van der Waals surface area contributed by atoms with E-state index in [1.165, 1.54) is 0 Å². The third kappa shape index (κ3) is 3.02. The van der Waals surface area contributed by atoms with Crippen LogP contribution in [0, 0.1) is 0 Å². The molecule has 0 heterocycles. The lowest BCUT2D eigenvalue weighted by Gasteiger charge is -2.41. The maximum Gasteiger partial charge on any atom is 0.472 e. The standard InChI is InChI=1S/C7H15O9P/c1-15-17(13,14)16-7-5(11)3(9)2(8)4(10)6(7)12/h2-12H,1H3,(H,13,14). The van der Waals surface area contributed by atoms with Crippen molar-refractivity contribution >= 4 is 7.82 Å². The molecule has 0 aliphatic heterocycles. The van der Waals surface area contributed by atoms with Gasteiger partial charge in [0.25, 0.3) is 0 Å². The predicted octanol–water partition coefficient (Wildman–Crippen LogP) is -3.06. The molecule has 1 aliphatic rings. The van der Waals surface area contributed by atoms with Gasteiger partial charge in [0.05, 0.1) is 0 Å². The first-order chi connectivity index (χ1) is 7.71. The van der Waals surface area contributed by atoms with Crippen LogP contribution in [0.4, 0.5) is 0 Å². The monoisotopic (exact) mass is 274 g/mol. The minimum Gasteiger partial charge on any atom is -0.387 e. The molecule has 5 atom stereocenters. The minimum atomic E-state index is -4.51. The molecule has 9 nitrogen and oxygen atoms in total. The summed E-state index contributed by atoms with van der Waals surface area (Å²) in [6.45, 7) is 0. The molecule has 0 aromatic heterocycles. The number of aliphatic hydroxyl groups is 5. The van der Waals surface area contributed by atoms with E-state index in [1.807, 2.05) is 0 Å². The molecule has 0 saturated heterocycles. The summed E-state index contributed by atoms with van der Waals surface area (Å²) < 4.78 is 19.6. The Bertz CT molecular complexity index is 294. The number of hydrogen-bond acceptors (Lipinski definition) is 8. The van der Waals surface area contributed by atoms with Crippen LogP contribution < -0.4 is 0 Å². The highest BCUT2D eigenvalue weighted by Gasteiger charge is 2.51. The average molecular weight is 274 g/mol. The second-order valence-corrected chi connectivity index (χ2v) is 5.19. The van der Waals surface area contributed by atoms with Crippen LogP contribution in [0.5, 0.6) is 0 Å². The van der Waals surface area contributed by atoms with Crippen molar-refractivity contribution in [2.75, 3.05) is 7.11 Å². The lowest BCUT2D eigenvalue weighted by molar-refractivity contribution is -0.219. The summed E-state index contributed by atoms with van der Waals surface area (Å²) in [6.07, 6.45) is -10.9. The summed E-state index contributed by atoms with van der Waals surface area (Å²) >= 11 is 0. The number of phosphoric acid groups is 1. The Balaban J connectivity index is 2.87. The zero-order chi connectivity index (χ0) is 13.4. The van der Waals surface area contributed by atoms with E-state index in [0.29, 0.717) is 0 Å². The molecule has 10 heteroatoms. The van der Waals surface area contributed by atoms with Crippen molar-refractivity contribution in [1.29, 1.82) is 0 Å². The molecule has 5 unspecified atom stereocenters. The van der Waals surface area contributed by atoms with Gasteiger partial charge in [-0.15, -0.1) is 0 Å². The summed E-state index contributed by atoms with van der Waals surface area (Å²) in [5, 5.41) is 46.8. The summed E-state index contributed by atoms with van der Waals surface area (Å²) in [6, 6.07) is 0. The average Bonchev–Trinajstić information content (AvgIpc) is 2.30. The Morgan fingerprint density at radius 2 is 1.24 bits per heavy atom. The van der Waals surface area contributed by atoms with Gasteiger partial charge in [0.2, 0.25) is 0 Å². The maximum absolute atomic E-state index is 11.1. The molecule has 6 N–H and O–H groups in total.